The molecule has 1 saturated carbocycles. The van der Waals surface area contributed by atoms with Crippen LogP contribution in [0.3, 0.4) is 0 Å². The highest BCUT2D eigenvalue weighted by Gasteiger charge is 2.35. The summed E-state index contributed by atoms with van der Waals surface area (Å²) < 4.78 is 3.55. The smallest absolute Gasteiger partial charge is 0.254 e. The molecule has 1 atom stereocenters. The maximum atomic E-state index is 12.8. The van der Waals surface area contributed by atoms with Gasteiger partial charge < -0.3 is 4.57 Å². The molecule has 1 unspecified atom stereocenters. The second-order valence-corrected chi connectivity index (χ2v) is 11.3. The Labute approximate surface area is 215 Å². The molecule has 6 heteroatoms. The average molecular weight is 534 g/mol. The largest absolute Gasteiger partial charge is 0.342 e. The summed E-state index contributed by atoms with van der Waals surface area (Å²) in [5.41, 5.74) is 9.62. The van der Waals surface area contributed by atoms with Crippen LogP contribution in [0.15, 0.2) is 52.0 Å². The van der Waals surface area contributed by atoms with Crippen LogP contribution in [0, 0.1) is 0 Å². The van der Waals surface area contributed by atoms with Gasteiger partial charge in [0.2, 0.25) is 0 Å². The van der Waals surface area contributed by atoms with Gasteiger partial charge in [0.15, 0.2) is 0 Å². The number of hydrogen-bond donors (Lipinski definition) is 1. The fraction of sp³-hybridized carbons (Fsp3) is 0.448. The Kier molecular flexibility index (Phi) is 6.50. The molecule has 2 heterocycles. The van der Waals surface area contributed by atoms with Crippen molar-refractivity contribution >= 4 is 39.0 Å². The zero-order valence-electron chi connectivity index (χ0n) is 20.2. The van der Waals surface area contributed by atoms with E-state index in [0.717, 1.165) is 41.9 Å². The highest BCUT2D eigenvalue weighted by atomic mass is 79.9. The number of nitrogens with zero attached hydrogens (tertiary/aromatic N) is 3. The first-order valence-electron chi connectivity index (χ1n) is 13.1. The van der Waals surface area contributed by atoms with Gasteiger partial charge in [0.1, 0.15) is 0 Å². The van der Waals surface area contributed by atoms with Crippen molar-refractivity contribution in [2.45, 2.75) is 69.9 Å². The zero-order valence-corrected chi connectivity index (χ0v) is 21.8. The molecule has 182 valence electrons. The van der Waals surface area contributed by atoms with Crippen LogP contribution in [0.25, 0.3) is 10.9 Å². The Bertz CT molecular complexity index is 1270. The molecule has 2 aromatic carbocycles. The third-order valence-electron chi connectivity index (χ3n) is 8.18. The Hall–Kier alpha value is -2.44. The van der Waals surface area contributed by atoms with E-state index in [-0.39, 0.29) is 5.91 Å². The van der Waals surface area contributed by atoms with Crippen LogP contribution >= 0.6 is 15.9 Å². The zero-order chi connectivity index (χ0) is 23.8. The maximum Gasteiger partial charge on any atom is 0.254 e. The Balaban J connectivity index is 1.20. The van der Waals surface area contributed by atoms with Gasteiger partial charge in [-0.25, -0.2) is 5.43 Å². The number of amides is 1. The second kappa shape index (κ2) is 9.90. The molecule has 1 amide bonds. The summed E-state index contributed by atoms with van der Waals surface area (Å²) in [6, 6.07) is 15.5. The van der Waals surface area contributed by atoms with Crippen LogP contribution in [-0.2, 0) is 17.8 Å². The number of hydrogen-bond acceptors (Lipinski definition) is 3. The van der Waals surface area contributed by atoms with Crippen LogP contribution in [0.5, 0.6) is 0 Å². The van der Waals surface area contributed by atoms with E-state index in [1.807, 2.05) is 24.3 Å². The van der Waals surface area contributed by atoms with Crippen molar-refractivity contribution in [2.24, 2.45) is 5.10 Å². The van der Waals surface area contributed by atoms with Crippen LogP contribution in [0.1, 0.15) is 79.3 Å². The van der Waals surface area contributed by atoms with E-state index in [2.05, 4.69) is 54.1 Å². The van der Waals surface area contributed by atoms with E-state index < -0.39 is 0 Å². The molecule has 1 N–H and O–H groups in total. The molecule has 0 saturated heterocycles. The van der Waals surface area contributed by atoms with Crippen molar-refractivity contribution in [1.82, 2.24) is 14.9 Å². The molecule has 0 bridgehead atoms. The SMILES string of the molecule is O=C(CN1CCn2c3c(c4cc(C5CCCCC5)ccc42)CCCC31)NN=Cc1cccc(Br)c1. The van der Waals surface area contributed by atoms with Gasteiger partial charge in [0, 0.05) is 34.2 Å². The normalized spacial score (nSPS) is 20.9. The second-order valence-electron chi connectivity index (χ2n) is 10.4. The van der Waals surface area contributed by atoms with E-state index in [4.69, 9.17) is 0 Å². The van der Waals surface area contributed by atoms with Crippen LogP contribution in [-0.4, -0.2) is 34.7 Å². The van der Waals surface area contributed by atoms with Gasteiger partial charge >= 0.3 is 0 Å². The number of rotatable bonds is 5. The molecule has 0 radical (unpaired) electrons. The predicted molar refractivity (Wildman–Crippen MR) is 145 cm³/mol. The van der Waals surface area contributed by atoms with Gasteiger partial charge in [-0.15, -0.1) is 0 Å². The standard InChI is InChI=1S/C29H33BrN4O/c30-23-9-4-6-20(16-23)18-31-32-28(35)19-33-14-15-34-26-13-12-22(21-7-2-1-3-8-21)17-25(26)24-10-5-11-27(33)29(24)34/h4,6,9,12-13,16-18,21,27H,1-3,5,7-8,10-11,14-15,19H2,(H,32,35). The quantitative estimate of drug-likeness (QED) is 0.309. The summed E-state index contributed by atoms with van der Waals surface area (Å²) in [4.78, 5) is 15.1. The molecule has 3 aromatic rings. The number of aromatic nitrogens is 1. The lowest BCUT2D eigenvalue weighted by molar-refractivity contribution is -0.123. The van der Waals surface area contributed by atoms with Crippen molar-refractivity contribution in [1.29, 1.82) is 0 Å². The van der Waals surface area contributed by atoms with Gasteiger partial charge in [-0.1, -0.05) is 53.4 Å². The molecule has 2 aliphatic carbocycles. The van der Waals surface area contributed by atoms with Crippen molar-refractivity contribution in [3.8, 4) is 0 Å². The predicted octanol–water partition coefficient (Wildman–Crippen LogP) is 6.29. The minimum absolute atomic E-state index is 0.0486. The number of nitrogens with one attached hydrogen (secondary N) is 1. The van der Waals surface area contributed by atoms with E-state index in [0.29, 0.717) is 12.6 Å². The van der Waals surface area contributed by atoms with Gasteiger partial charge in [-0.2, -0.15) is 5.10 Å². The molecule has 6 rings (SSSR count). The minimum atomic E-state index is -0.0486. The first kappa shape index (κ1) is 23.0. The summed E-state index contributed by atoms with van der Waals surface area (Å²) in [5, 5.41) is 5.66. The highest BCUT2D eigenvalue weighted by Crippen LogP contribution is 2.44. The fourth-order valence-corrected chi connectivity index (χ4v) is 6.98. The molecule has 35 heavy (non-hydrogen) atoms. The lowest BCUT2D eigenvalue weighted by atomic mass is 9.83. The third-order valence-corrected chi connectivity index (χ3v) is 8.68. The number of benzene rings is 2. The van der Waals surface area contributed by atoms with Gasteiger partial charge in [0.25, 0.3) is 5.91 Å². The van der Waals surface area contributed by atoms with E-state index >= 15 is 0 Å². The molecule has 3 aliphatic rings. The van der Waals surface area contributed by atoms with Crippen LogP contribution in [0.2, 0.25) is 0 Å². The molecule has 0 spiro atoms. The number of aryl methyl sites for hydroxylation is 1. The monoisotopic (exact) mass is 532 g/mol. The summed E-state index contributed by atoms with van der Waals surface area (Å²) >= 11 is 3.47. The molecule has 1 fully saturated rings. The number of fused-ring (bicyclic) bond motifs is 3. The lowest BCUT2D eigenvalue weighted by Gasteiger charge is -2.39. The maximum absolute atomic E-state index is 12.8. The summed E-state index contributed by atoms with van der Waals surface area (Å²) in [5.74, 6) is 0.682. The number of carbonyl (C=O) groups excluding carboxylic acids is 1. The van der Waals surface area contributed by atoms with Gasteiger partial charge in [-0.3, -0.25) is 9.69 Å². The number of carbonyl (C=O) groups is 1. The lowest BCUT2D eigenvalue weighted by Crippen LogP contribution is -2.44. The average Bonchev–Trinajstić information content (AvgIpc) is 3.21. The van der Waals surface area contributed by atoms with Crippen molar-refractivity contribution in [2.75, 3.05) is 13.1 Å². The van der Waals surface area contributed by atoms with Gasteiger partial charge in [0.05, 0.1) is 18.8 Å². The fourth-order valence-electron chi connectivity index (χ4n) is 6.56. The third kappa shape index (κ3) is 4.58. The minimum Gasteiger partial charge on any atom is -0.342 e. The first-order chi connectivity index (χ1) is 17.2. The van der Waals surface area contributed by atoms with Crippen LogP contribution < -0.4 is 5.43 Å². The topological polar surface area (TPSA) is 49.6 Å². The summed E-state index contributed by atoms with van der Waals surface area (Å²) in [7, 11) is 0. The van der Waals surface area contributed by atoms with E-state index in [1.54, 1.807) is 6.21 Å². The molecular weight excluding hydrogens is 500 g/mol. The summed E-state index contributed by atoms with van der Waals surface area (Å²) in [6.07, 6.45) is 12.0. The first-order valence-corrected chi connectivity index (χ1v) is 13.9. The summed E-state index contributed by atoms with van der Waals surface area (Å²) in [6.45, 7) is 2.22. The van der Waals surface area contributed by atoms with Gasteiger partial charge in [-0.05, 0) is 79.0 Å². The molecular formula is C29H33BrN4O. The van der Waals surface area contributed by atoms with Crippen molar-refractivity contribution < 1.29 is 4.79 Å². The van der Waals surface area contributed by atoms with Crippen molar-refractivity contribution in [3.63, 3.8) is 0 Å². The Morgan fingerprint density at radius 2 is 1.94 bits per heavy atom. The molecule has 5 nitrogen and oxygen atoms in total. The van der Waals surface area contributed by atoms with Crippen molar-refractivity contribution in [3.05, 3.63) is 69.3 Å². The van der Waals surface area contributed by atoms with E-state index in [1.165, 1.54) is 66.2 Å². The number of hydrazone groups is 1. The highest BCUT2D eigenvalue weighted by molar-refractivity contribution is 9.10. The Morgan fingerprint density at radius 3 is 2.80 bits per heavy atom. The number of halogens is 1. The molecule has 1 aromatic heterocycles. The van der Waals surface area contributed by atoms with Crippen LogP contribution in [0.4, 0.5) is 0 Å². The van der Waals surface area contributed by atoms with E-state index in [9.17, 15) is 4.79 Å². The Morgan fingerprint density at radius 1 is 1.06 bits per heavy atom. The molecule has 1 aliphatic heterocycles.